The molecule has 1 aromatic heterocycles. The fourth-order valence-electron chi connectivity index (χ4n) is 3.80. The standard InChI is InChI=1S/C26H24BrNO4S/c1-28-15-22(16-28)31-13-12-30-20-7-9-21(10-8-20)32-25-23-11-6-19(29)14-24(23)33-26(25)17-2-4-18(27)5-3-17/h2-11,14,22,29H,12-13,15-16H2,1H3. The predicted molar refractivity (Wildman–Crippen MR) is 136 cm³/mol. The number of hydrogen-bond donors (Lipinski definition) is 1. The minimum atomic E-state index is 0.243. The maximum atomic E-state index is 9.94. The van der Waals surface area contributed by atoms with E-state index in [1.54, 1.807) is 23.5 Å². The molecule has 5 nitrogen and oxygen atoms in total. The zero-order valence-electron chi connectivity index (χ0n) is 18.2. The fraction of sp³-hybridized carbons (Fsp3) is 0.231. The van der Waals surface area contributed by atoms with Crippen molar-refractivity contribution >= 4 is 37.4 Å². The maximum absolute atomic E-state index is 9.94. The van der Waals surface area contributed by atoms with Gasteiger partial charge in [-0.15, -0.1) is 11.3 Å². The quantitative estimate of drug-likeness (QED) is 0.265. The highest BCUT2D eigenvalue weighted by Crippen LogP contribution is 2.47. The first kappa shape index (κ1) is 22.2. The third-order valence-electron chi connectivity index (χ3n) is 5.51. The summed E-state index contributed by atoms with van der Waals surface area (Å²) < 4.78 is 19.9. The van der Waals surface area contributed by atoms with Gasteiger partial charge < -0.3 is 24.2 Å². The number of thiophene rings is 1. The Kier molecular flexibility index (Phi) is 6.55. The molecule has 1 saturated heterocycles. The average molecular weight is 526 g/mol. The van der Waals surface area contributed by atoms with Gasteiger partial charge in [0, 0.05) is 27.6 Å². The molecule has 7 heteroatoms. The topological polar surface area (TPSA) is 51.2 Å². The molecule has 1 aliphatic heterocycles. The van der Waals surface area contributed by atoms with Gasteiger partial charge in [-0.1, -0.05) is 28.1 Å². The second-order valence-corrected chi connectivity index (χ2v) is 10.1. The average Bonchev–Trinajstić information content (AvgIpc) is 3.14. The van der Waals surface area contributed by atoms with Crippen molar-refractivity contribution in [1.82, 2.24) is 4.90 Å². The second kappa shape index (κ2) is 9.73. The number of halogens is 1. The molecule has 0 radical (unpaired) electrons. The number of rotatable bonds is 8. The van der Waals surface area contributed by atoms with Gasteiger partial charge >= 0.3 is 0 Å². The highest BCUT2D eigenvalue weighted by atomic mass is 79.9. The van der Waals surface area contributed by atoms with Crippen molar-refractivity contribution in [2.75, 3.05) is 33.4 Å². The summed E-state index contributed by atoms with van der Waals surface area (Å²) >= 11 is 5.10. The van der Waals surface area contributed by atoms with Gasteiger partial charge in [0.1, 0.15) is 23.9 Å². The molecule has 0 aliphatic carbocycles. The number of likely N-dealkylation sites (N-methyl/N-ethyl adjacent to an activating group) is 1. The first-order valence-corrected chi connectivity index (χ1v) is 12.4. The van der Waals surface area contributed by atoms with E-state index in [4.69, 9.17) is 14.2 Å². The summed E-state index contributed by atoms with van der Waals surface area (Å²) in [6.07, 6.45) is 0.330. The van der Waals surface area contributed by atoms with Crippen LogP contribution in [0.5, 0.6) is 23.0 Å². The van der Waals surface area contributed by atoms with Gasteiger partial charge in [0.2, 0.25) is 0 Å². The van der Waals surface area contributed by atoms with E-state index >= 15 is 0 Å². The van der Waals surface area contributed by atoms with E-state index in [-0.39, 0.29) is 5.75 Å². The summed E-state index contributed by atoms with van der Waals surface area (Å²) in [4.78, 5) is 3.24. The smallest absolute Gasteiger partial charge is 0.153 e. The number of phenols is 1. The minimum absolute atomic E-state index is 0.243. The van der Waals surface area contributed by atoms with E-state index in [9.17, 15) is 5.11 Å². The number of ether oxygens (including phenoxy) is 3. The van der Waals surface area contributed by atoms with Gasteiger partial charge in [0.25, 0.3) is 0 Å². The van der Waals surface area contributed by atoms with E-state index in [0.717, 1.165) is 55.3 Å². The van der Waals surface area contributed by atoms with Crippen LogP contribution in [-0.4, -0.2) is 49.5 Å². The predicted octanol–water partition coefficient (Wildman–Crippen LogP) is 6.54. The summed E-state index contributed by atoms with van der Waals surface area (Å²) in [6, 6.07) is 21.1. The Balaban J connectivity index is 1.31. The zero-order valence-corrected chi connectivity index (χ0v) is 20.6. The summed E-state index contributed by atoms with van der Waals surface area (Å²) in [6.45, 7) is 3.09. The Hall–Kier alpha value is -2.58. The molecule has 0 bridgehead atoms. The van der Waals surface area contributed by atoms with Crippen LogP contribution in [0.15, 0.2) is 71.2 Å². The normalized spacial score (nSPS) is 14.4. The van der Waals surface area contributed by atoms with Crippen molar-refractivity contribution in [2.24, 2.45) is 0 Å². The number of nitrogens with zero attached hydrogens (tertiary/aromatic N) is 1. The van der Waals surface area contributed by atoms with Gasteiger partial charge in [0.05, 0.1) is 17.6 Å². The largest absolute Gasteiger partial charge is 0.508 e. The summed E-state index contributed by atoms with van der Waals surface area (Å²) in [5.41, 5.74) is 1.06. The molecular formula is C26H24BrNO4S. The van der Waals surface area contributed by atoms with E-state index in [1.807, 2.05) is 42.5 Å². The number of benzene rings is 3. The Morgan fingerprint density at radius 1 is 0.970 bits per heavy atom. The van der Waals surface area contributed by atoms with Crippen molar-refractivity contribution in [1.29, 1.82) is 0 Å². The molecule has 1 N–H and O–H groups in total. The van der Waals surface area contributed by atoms with Crippen molar-refractivity contribution in [3.63, 3.8) is 0 Å². The fourth-order valence-corrected chi connectivity index (χ4v) is 5.23. The molecule has 33 heavy (non-hydrogen) atoms. The molecule has 3 aromatic carbocycles. The Labute approximate surface area is 205 Å². The molecular weight excluding hydrogens is 502 g/mol. The second-order valence-electron chi connectivity index (χ2n) is 8.08. The Morgan fingerprint density at radius 2 is 1.70 bits per heavy atom. The maximum Gasteiger partial charge on any atom is 0.153 e. The lowest BCUT2D eigenvalue weighted by atomic mass is 10.1. The van der Waals surface area contributed by atoms with Crippen molar-refractivity contribution in [3.8, 4) is 33.4 Å². The van der Waals surface area contributed by atoms with E-state index in [0.29, 0.717) is 19.3 Å². The van der Waals surface area contributed by atoms with Crippen LogP contribution in [0, 0.1) is 0 Å². The molecule has 1 fully saturated rings. The monoisotopic (exact) mass is 525 g/mol. The van der Waals surface area contributed by atoms with E-state index in [1.165, 1.54) is 0 Å². The lowest BCUT2D eigenvalue weighted by Crippen LogP contribution is -2.49. The molecule has 5 rings (SSSR count). The van der Waals surface area contributed by atoms with Gasteiger partial charge in [-0.2, -0.15) is 0 Å². The lowest BCUT2D eigenvalue weighted by molar-refractivity contribution is -0.0509. The third-order valence-corrected chi connectivity index (χ3v) is 7.23. The van der Waals surface area contributed by atoms with Crippen LogP contribution in [0.4, 0.5) is 0 Å². The molecule has 0 amide bonds. The lowest BCUT2D eigenvalue weighted by Gasteiger charge is -2.35. The van der Waals surface area contributed by atoms with Gasteiger partial charge in [-0.25, -0.2) is 0 Å². The third kappa shape index (κ3) is 5.17. The van der Waals surface area contributed by atoms with E-state index < -0.39 is 0 Å². The van der Waals surface area contributed by atoms with Crippen LogP contribution in [0.3, 0.4) is 0 Å². The van der Waals surface area contributed by atoms with Crippen molar-refractivity contribution < 1.29 is 19.3 Å². The van der Waals surface area contributed by atoms with Gasteiger partial charge in [-0.3, -0.25) is 0 Å². The number of hydrogen-bond acceptors (Lipinski definition) is 6. The molecule has 170 valence electrons. The first-order chi connectivity index (χ1) is 16.0. The van der Waals surface area contributed by atoms with Gasteiger partial charge in [0.15, 0.2) is 5.75 Å². The Bertz CT molecular complexity index is 1230. The molecule has 4 aromatic rings. The SMILES string of the molecule is CN1CC(OCCOc2ccc(Oc3c(-c4ccc(Br)cc4)sc4cc(O)ccc34)cc2)C1. The Morgan fingerprint density at radius 3 is 2.42 bits per heavy atom. The van der Waals surface area contributed by atoms with Crippen molar-refractivity contribution in [3.05, 3.63) is 71.2 Å². The van der Waals surface area contributed by atoms with Crippen LogP contribution in [0.2, 0.25) is 0 Å². The van der Waals surface area contributed by atoms with Crippen LogP contribution in [0.1, 0.15) is 0 Å². The molecule has 2 heterocycles. The molecule has 0 unspecified atom stereocenters. The van der Waals surface area contributed by atoms with Crippen LogP contribution in [-0.2, 0) is 4.74 Å². The molecule has 0 spiro atoms. The number of aromatic hydroxyl groups is 1. The first-order valence-electron chi connectivity index (χ1n) is 10.8. The summed E-state index contributed by atoms with van der Waals surface area (Å²) in [7, 11) is 2.09. The van der Waals surface area contributed by atoms with Crippen LogP contribution in [0.25, 0.3) is 20.5 Å². The summed E-state index contributed by atoms with van der Waals surface area (Å²) in [5, 5.41) is 10.9. The number of likely N-dealkylation sites (tertiary alicyclic amines) is 1. The highest BCUT2D eigenvalue weighted by molar-refractivity contribution is 9.10. The van der Waals surface area contributed by atoms with Crippen LogP contribution >= 0.6 is 27.3 Å². The molecule has 0 atom stereocenters. The molecule has 0 saturated carbocycles. The number of phenolic OH excluding ortho intramolecular Hbond substituents is 1. The van der Waals surface area contributed by atoms with Gasteiger partial charge in [-0.05, 0) is 67.2 Å². The van der Waals surface area contributed by atoms with Crippen LogP contribution < -0.4 is 9.47 Å². The van der Waals surface area contributed by atoms with E-state index in [2.05, 4.69) is 40.0 Å². The summed E-state index contributed by atoms with van der Waals surface area (Å²) in [5.74, 6) is 2.53. The number of fused-ring (bicyclic) bond motifs is 1. The highest BCUT2D eigenvalue weighted by Gasteiger charge is 2.23. The zero-order chi connectivity index (χ0) is 22.8. The van der Waals surface area contributed by atoms with Crippen molar-refractivity contribution in [2.45, 2.75) is 6.10 Å². The minimum Gasteiger partial charge on any atom is -0.508 e. The molecule has 1 aliphatic rings.